The maximum absolute atomic E-state index is 12.4. The van der Waals surface area contributed by atoms with Crippen LogP contribution in [0, 0.1) is 11.3 Å². The SMILES string of the molecule is CCN1C[C@H](c2ccccc2)CC2(CCN(C(=O)C3CC3)CC2)C1. The van der Waals surface area contributed by atoms with Crippen LogP contribution in [-0.2, 0) is 4.79 Å². The number of amides is 1. The molecular weight excluding hydrogens is 296 g/mol. The second-order valence-corrected chi connectivity index (χ2v) is 8.24. The predicted molar refractivity (Wildman–Crippen MR) is 96.9 cm³/mol. The van der Waals surface area contributed by atoms with Gasteiger partial charge in [-0.25, -0.2) is 0 Å². The fraction of sp³-hybridized carbons (Fsp3) is 0.667. The first-order chi connectivity index (χ1) is 11.7. The Hall–Kier alpha value is -1.35. The minimum Gasteiger partial charge on any atom is -0.342 e. The van der Waals surface area contributed by atoms with Crippen LogP contribution in [0.1, 0.15) is 50.5 Å². The highest BCUT2D eigenvalue weighted by molar-refractivity contribution is 5.81. The Labute approximate surface area is 146 Å². The van der Waals surface area contributed by atoms with Gasteiger partial charge in [0.15, 0.2) is 0 Å². The zero-order chi connectivity index (χ0) is 16.6. The van der Waals surface area contributed by atoms with Crippen molar-refractivity contribution in [2.45, 2.75) is 44.9 Å². The molecule has 4 rings (SSSR count). The minimum atomic E-state index is 0.370. The first-order valence-corrected chi connectivity index (χ1v) is 9.75. The quantitative estimate of drug-likeness (QED) is 0.848. The molecule has 1 aromatic rings. The second kappa shape index (κ2) is 6.51. The van der Waals surface area contributed by atoms with E-state index in [0.29, 0.717) is 23.2 Å². The lowest BCUT2D eigenvalue weighted by atomic mass is 9.68. The van der Waals surface area contributed by atoms with Crippen molar-refractivity contribution in [2.75, 3.05) is 32.7 Å². The number of benzene rings is 1. The molecule has 3 aliphatic rings. The van der Waals surface area contributed by atoms with E-state index in [1.807, 2.05) is 0 Å². The topological polar surface area (TPSA) is 23.6 Å². The van der Waals surface area contributed by atoms with Crippen molar-refractivity contribution in [2.24, 2.45) is 11.3 Å². The van der Waals surface area contributed by atoms with Crippen LogP contribution in [0.2, 0.25) is 0 Å². The molecule has 0 bridgehead atoms. The summed E-state index contributed by atoms with van der Waals surface area (Å²) < 4.78 is 0. The third-order valence-electron chi connectivity index (χ3n) is 6.50. The summed E-state index contributed by atoms with van der Waals surface area (Å²) in [7, 11) is 0. The summed E-state index contributed by atoms with van der Waals surface area (Å²) >= 11 is 0. The molecule has 1 spiro atoms. The van der Waals surface area contributed by atoms with Gasteiger partial charge in [0.2, 0.25) is 5.91 Å². The molecule has 1 aromatic carbocycles. The van der Waals surface area contributed by atoms with Gasteiger partial charge in [0.25, 0.3) is 0 Å². The van der Waals surface area contributed by atoms with E-state index in [0.717, 1.165) is 32.5 Å². The summed E-state index contributed by atoms with van der Waals surface area (Å²) in [5.74, 6) is 1.45. The van der Waals surface area contributed by atoms with Crippen LogP contribution in [0.25, 0.3) is 0 Å². The van der Waals surface area contributed by atoms with E-state index in [4.69, 9.17) is 0 Å². The van der Waals surface area contributed by atoms with E-state index >= 15 is 0 Å². The molecule has 24 heavy (non-hydrogen) atoms. The standard InChI is InChI=1S/C21H30N2O/c1-2-22-15-19(17-6-4-3-5-7-17)14-21(16-22)10-12-23(13-11-21)20(24)18-8-9-18/h3-7,18-19H,2,8-16H2,1H3/t19-/m1/s1. The molecule has 0 radical (unpaired) electrons. The predicted octanol–water partition coefficient (Wildman–Crippen LogP) is 3.51. The maximum atomic E-state index is 12.4. The summed E-state index contributed by atoms with van der Waals surface area (Å²) in [5.41, 5.74) is 1.90. The molecule has 1 aliphatic carbocycles. The van der Waals surface area contributed by atoms with Crippen LogP contribution in [0.3, 0.4) is 0 Å². The molecule has 1 amide bonds. The highest BCUT2D eigenvalue weighted by Crippen LogP contribution is 2.45. The Bertz CT molecular complexity index is 573. The molecule has 0 aromatic heterocycles. The largest absolute Gasteiger partial charge is 0.342 e. The lowest BCUT2D eigenvalue weighted by Gasteiger charge is -2.50. The van der Waals surface area contributed by atoms with Gasteiger partial charge in [-0.3, -0.25) is 4.79 Å². The summed E-state index contributed by atoms with van der Waals surface area (Å²) in [4.78, 5) is 17.1. The number of carbonyl (C=O) groups is 1. The number of nitrogens with zero attached hydrogens (tertiary/aromatic N) is 2. The van der Waals surface area contributed by atoms with Crippen molar-refractivity contribution >= 4 is 5.91 Å². The van der Waals surface area contributed by atoms with Crippen LogP contribution in [0.15, 0.2) is 30.3 Å². The number of carbonyl (C=O) groups excluding carboxylic acids is 1. The lowest BCUT2D eigenvalue weighted by molar-refractivity contribution is -0.135. The minimum absolute atomic E-state index is 0.370. The van der Waals surface area contributed by atoms with Gasteiger partial charge in [-0.15, -0.1) is 0 Å². The van der Waals surface area contributed by atoms with Gasteiger partial charge in [-0.1, -0.05) is 37.3 Å². The summed E-state index contributed by atoms with van der Waals surface area (Å²) in [6.45, 7) is 7.79. The van der Waals surface area contributed by atoms with Crippen molar-refractivity contribution < 1.29 is 4.79 Å². The zero-order valence-corrected chi connectivity index (χ0v) is 14.9. The number of likely N-dealkylation sites (tertiary alicyclic amines) is 2. The van der Waals surface area contributed by atoms with Gasteiger partial charge < -0.3 is 9.80 Å². The van der Waals surface area contributed by atoms with Crippen LogP contribution in [0.5, 0.6) is 0 Å². The van der Waals surface area contributed by atoms with Crippen molar-refractivity contribution in [1.29, 1.82) is 0 Å². The van der Waals surface area contributed by atoms with Gasteiger partial charge in [0.05, 0.1) is 0 Å². The van der Waals surface area contributed by atoms with Crippen LogP contribution in [0.4, 0.5) is 0 Å². The monoisotopic (exact) mass is 326 g/mol. The summed E-state index contributed by atoms with van der Waals surface area (Å²) in [6, 6.07) is 11.0. The fourth-order valence-electron chi connectivity index (χ4n) is 4.84. The Morgan fingerprint density at radius 1 is 1.17 bits per heavy atom. The van der Waals surface area contributed by atoms with E-state index in [2.05, 4.69) is 47.1 Å². The van der Waals surface area contributed by atoms with E-state index in [1.54, 1.807) is 0 Å². The maximum Gasteiger partial charge on any atom is 0.225 e. The zero-order valence-electron chi connectivity index (χ0n) is 14.9. The molecule has 0 unspecified atom stereocenters. The number of hydrogen-bond acceptors (Lipinski definition) is 2. The highest BCUT2D eigenvalue weighted by atomic mass is 16.2. The number of piperidine rings is 2. The van der Waals surface area contributed by atoms with Crippen LogP contribution >= 0.6 is 0 Å². The molecular formula is C21H30N2O. The van der Waals surface area contributed by atoms with Crippen molar-refractivity contribution in [3.8, 4) is 0 Å². The Morgan fingerprint density at radius 2 is 1.88 bits per heavy atom. The van der Waals surface area contributed by atoms with Gasteiger partial charge in [0.1, 0.15) is 0 Å². The fourth-order valence-corrected chi connectivity index (χ4v) is 4.84. The molecule has 1 atom stereocenters. The molecule has 3 nitrogen and oxygen atoms in total. The molecule has 0 N–H and O–H groups in total. The first kappa shape index (κ1) is 16.1. The third kappa shape index (κ3) is 3.23. The lowest BCUT2D eigenvalue weighted by Crippen LogP contribution is -2.52. The highest BCUT2D eigenvalue weighted by Gasteiger charge is 2.44. The second-order valence-electron chi connectivity index (χ2n) is 8.24. The number of rotatable bonds is 3. The van der Waals surface area contributed by atoms with Crippen molar-refractivity contribution in [3.05, 3.63) is 35.9 Å². The van der Waals surface area contributed by atoms with E-state index in [-0.39, 0.29) is 0 Å². The molecule has 2 aliphatic heterocycles. The first-order valence-electron chi connectivity index (χ1n) is 9.75. The van der Waals surface area contributed by atoms with Crippen LogP contribution in [-0.4, -0.2) is 48.4 Å². The average molecular weight is 326 g/mol. The molecule has 2 heterocycles. The third-order valence-corrected chi connectivity index (χ3v) is 6.50. The van der Waals surface area contributed by atoms with Gasteiger partial charge in [0, 0.05) is 32.1 Å². The van der Waals surface area contributed by atoms with Gasteiger partial charge in [-0.05, 0) is 55.5 Å². The average Bonchev–Trinajstić information content (AvgIpc) is 3.47. The van der Waals surface area contributed by atoms with E-state index in [1.165, 1.54) is 37.9 Å². The van der Waals surface area contributed by atoms with Crippen molar-refractivity contribution in [1.82, 2.24) is 9.80 Å². The van der Waals surface area contributed by atoms with Gasteiger partial charge in [-0.2, -0.15) is 0 Å². The molecule has 3 heteroatoms. The Morgan fingerprint density at radius 3 is 2.50 bits per heavy atom. The molecule has 2 saturated heterocycles. The normalized spacial score (nSPS) is 27.4. The Balaban J connectivity index is 1.46. The van der Waals surface area contributed by atoms with Crippen LogP contribution < -0.4 is 0 Å². The van der Waals surface area contributed by atoms with E-state index < -0.39 is 0 Å². The van der Waals surface area contributed by atoms with Gasteiger partial charge >= 0.3 is 0 Å². The Kier molecular flexibility index (Phi) is 4.38. The molecule has 1 saturated carbocycles. The smallest absolute Gasteiger partial charge is 0.225 e. The van der Waals surface area contributed by atoms with E-state index in [9.17, 15) is 4.79 Å². The molecule has 3 fully saturated rings. The number of likely N-dealkylation sites (N-methyl/N-ethyl adjacent to an activating group) is 1. The summed E-state index contributed by atoms with van der Waals surface area (Å²) in [6.07, 6.45) is 5.91. The van der Waals surface area contributed by atoms with Crippen molar-refractivity contribution in [3.63, 3.8) is 0 Å². The molecule has 130 valence electrons. The summed E-state index contributed by atoms with van der Waals surface area (Å²) in [5, 5.41) is 0. The number of hydrogen-bond donors (Lipinski definition) is 0.